The van der Waals surface area contributed by atoms with Gasteiger partial charge < -0.3 is 16.0 Å². The van der Waals surface area contributed by atoms with Crippen LogP contribution in [0.1, 0.15) is 19.4 Å². The van der Waals surface area contributed by atoms with Crippen LogP contribution in [0.25, 0.3) is 0 Å². The van der Waals surface area contributed by atoms with Gasteiger partial charge in [-0.25, -0.2) is 0 Å². The maximum Gasteiger partial charge on any atom is 0.457 e. The maximum atomic E-state index is 13.4. The van der Waals surface area contributed by atoms with Crippen molar-refractivity contribution in [2.75, 3.05) is 16.0 Å². The van der Waals surface area contributed by atoms with E-state index in [1.807, 2.05) is 0 Å². The number of alkyl halides is 5. The van der Waals surface area contributed by atoms with Crippen LogP contribution in [0, 0.1) is 0 Å². The molecule has 0 bridgehead atoms. The largest absolute Gasteiger partial charge is 0.457 e. The lowest BCUT2D eigenvalue weighted by Gasteiger charge is -2.26. The van der Waals surface area contributed by atoms with Crippen LogP contribution in [0.2, 0.25) is 0 Å². The lowest BCUT2D eigenvalue weighted by molar-refractivity contribution is -0.284. The second-order valence-electron chi connectivity index (χ2n) is 5.86. The second kappa shape index (κ2) is 4.02. The molecule has 0 fully saturated rings. The topological polar surface area (TPSA) is 53.2 Å². The molecule has 0 radical (unpaired) electrons. The van der Waals surface area contributed by atoms with Gasteiger partial charge in [0.1, 0.15) is 0 Å². The number of hydrogen-bond acceptors (Lipinski definition) is 3. The van der Waals surface area contributed by atoms with Gasteiger partial charge in [0, 0.05) is 5.69 Å². The molecule has 2 aliphatic rings. The van der Waals surface area contributed by atoms with Crippen LogP contribution < -0.4 is 16.0 Å². The van der Waals surface area contributed by atoms with Crippen molar-refractivity contribution in [2.24, 2.45) is 0 Å². The standard InChI is InChI=1S/C13H12F5N3O/c1-11(2)5-3-7-8(4-6(5)21-10(11)22)20-9(19-7)12(14,15)13(16,17)18/h3-4,9,19-20H,1-2H3,(H,21,22). The zero-order chi connectivity index (χ0) is 16.5. The Hall–Kier alpha value is -2.06. The first-order valence-corrected chi connectivity index (χ1v) is 6.42. The summed E-state index contributed by atoms with van der Waals surface area (Å²) < 4.78 is 64.1. The molecule has 1 amide bonds. The van der Waals surface area contributed by atoms with E-state index < -0.39 is 23.7 Å². The van der Waals surface area contributed by atoms with E-state index in [4.69, 9.17) is 0 Å². The van der Waals surface area contributed by atoms with Crippen molar-refractivity contribution >= 4 is 23.0 Å². The Bertz CT molecular complexity index is 668. The quantitative estimate of drug-likeness (QED) is 0.696. The predicted octanol–water partition coefficient (Wildman–Crippen LogP) is 3.28. The molecule has 1 unspecified atom stereocenters. The fourth-order valence-corrected chi connectivity index (χ4v) is 2.55. The van der Waals surface area contributed by atoms with Gasteiger partial charge >= 0.3 is 12.1 Å². The molecule has 1 aromatic rings. The summed E-state index contributed by atoms with van der Waals surface area (Å²) in [6.07, 6.45) is -7.96. The van der Waals surface area contributed by atoms with E-state index in [0.717, 1.165) is 0 Å². The van der Waals surface area contributed by atoms with Crippen LogP contribution in [-0.2, 0) is 10.2 Å². The minimum atomic E-state index is -5.67. The molecule has 0 aromatic heterocycles. The molecule has 9 heteroatoms. The van der Waals surface area contributed by atoms with Crippen LogP contribution in [0.4, 0.5) is 39.0 Å². The van der Waals surface area contributed by atoms with E-state index in [1.54, 1.807) is 13.8 Å². The van der Waals surface area contributed by atoms with Crippen LogP contribution >= 0.6 is 0 Å². The summed E-state index contributed by atoms with van der Waals surface area (Å²) in [5, 5.41) is 6.85. The van der Waals surface area contributed by atoms with Gasteiger partial charge in [0.25, 0.3) is 0 Å². The van der Waals surface area contributed by atoms with Gasteiger partial charge in [0.05, 0.1) is 16.8 Å². The number of halogens is 5. The molecule has 4 nitrogen and oxygen atoms in total. The van der Waals surface area contributed by atoms with Crippen molar-refractivity contribution < 1.29 is 26.7 Å². The zero-order valence-corrected chi connectivity index (χ0v) is 11.5. The van der Waals surface area contributed by atoms with Crippen LogP contribution in [0.15, 0.2) is 12.1 Å². The summed E-state index contributed by atoms with van der Waals surface area (Å²) in [5.74, 6) is -5.20. The Morgan fingerprint density at radius 2 is 1.55 bits per heavy atom. The Kier molecular flexibility index (Phi) is 2.72. The molecule has 3 rings (SSSR count). The predicted molar refractivity (Wildman–Crippen MR) is 70.1 cm³/mol. The summed E-state index contributed by atoms with van der Waals surface area (Å²) in [4.78, 5) is 11.8. The highest BCUT2D eigenvalue weighted by atomic mass is 19.4. The lowest BCUT2D eigenvalue weighted by Crippen LogP contribution is -2.52. The van der Waals surface area contributed by atoms with Gasteiger partial charge in [-0.1, -0.05) is 0 Å². The number of carbonyl (C=O) groups excluding carboxylic acids is 1. The number of hydrogen-bond donors (Lipinski definition) is 3. The Labute approximate surface area is 122 Å². The first kappa shape index (κ1) is 14.9. The van der Waals surface area contributed by atoms with E-state index in [9.17, 15) is 26.7 Å². The highest BCUT2D eigenvalue weighted by molar-refractivity contribution is 6.07. The number of carbonyl (C=O) groups is 1. The molecule has 120 valence electrons. The summed E-state index contributed by atoms with van der Waals surface area (Å²) in [6, 6.07) is 2.78. The van der Waals surface area contributed by atoms with Gasteiger partial charge in [-0.15, -0.1) is 0 Å². The van der Waals surface area contributed by atoms with Crippen molar-refractivity contribution in [1.29, 1.82) is 0 Å². The van der Waals surface area contributed by atoms with E-state index in [-0.39, 0.29) is 17.3 Å². The fourth-order valence-electron chi connectivity index (χ4n) is 2.55. The molecule has 0 spiro atoms. The van der Waals surface area contributed by atoms with Crippen LogP contribution in [0.3, 0.4) is 0 Å². The molecule has 22 heavy (non-hydrogen) atoms. The van der Waals surface area contributed by atoms with Crippen molar-refractivity contribution in [3.63, 3.8) is 0 Å². The summed E-state index contributed by atoms with van der Waals surface area (Å²) >= 11 is 0. The Morgan fingerprint density at radius 1 is 1.00 bits per heavy atom. The molecule has 0 aliphatic carbocycles. The Balaban J connectivity index is 1.96. The number of nitrogens with one attached hydrogen (secondary N) is 3. The highest BCUT2D eigenvalue weighted by Gasteiger charge is 2.64. The smallest absolute Gasteiger partial charge is 0.358 e. The van der Waals surface area contributed by atoms with E-state index in [2.05, 4.69) is 16.0 Å². The summed E-state index contributed by atoms with van der Waals surface area (Å²) in [5.41, 5.74) is 0.264. The maximum absolute atomic E-state index is 13.4. The molecule has 0 saturated carbocycles. The molecule has 0 saturated heterocycles. The van der Waals surface area contributed by atoms with Crippen LogP contribution in [-0.4, -0.2) is 24.2 Å². The minimum absolute atomic E-state index is 0.0886. The summed E-state index contributed by atoms with van der Waals surface area (Å²) in [6.45, 7) is 3.29. The number of anilines is 3. The molecule has 1 atom stereocenters. The molecule has 3 N–H and O–H groups in total. The second-order valence-corrected chi connectivity index (χ2v) is 5.86. The van der Waals surface area contributed by atoms with Crippen molar-refractivity contribution in [3.05, 3.63) is 17.7 Å². The van der Waals surface area contributed by atoms with E-state index >= 15 is 0 Å². The third kappa shape index (κ3) is 1.84. The number of rotatable bonds is 1. The van der Waals surface area contributed by atoms with Crippen molar-refractivity contribution in [3.8, 4) is 0 Å². The lowest BCUT2D eigenvalue weighted by atomic mass is 9.86. The van der Waals surface area contributed by atoms with Gasteiger partial charge in [-0.2, -0.15) is 22.0 Å². The first-order chi connectivity index (χ1) is 9.94. The van der Waals surface area contributed by atoms with Gasteiger partial charge in [-0.05, 0) is 31.5 Å². The van der Waals surface area contributed by atoms with Gasteiger partial charge in [-0.3, -0.25) is 4.79 Å². The molecule has 2 aliphatic heterocycles. The number of amides is 1. The van der Waals surface area contributed by atoms with E-state index in [1.165, 1.54) is 12.1 Å². The highest BCUT2D eigenvalue weighted by Crippen LogP contribution is 2.47. The third-order valence-corrected chi connectivity index (χ3v) is 3.99. The minimum Gasteiger partial charge on any atom is -0.358 e. The first-order valence-electron chi connectivity index (χ1n) is 6.42. The molecular formula is C13H12F5N3O. The monoisotopic (exact) mass is 321 g/mol. The number of fused-ring (bicyclic) bond motifs is 2. The average molecular weight is 321 g/mol. The van der Waals surface area contributed by atoms with Crippen molar-refractivity contribution in [1.82, 2.24) is 0 Å². The van der Waals surface area contributed by atoms with Gasteiger partial charge in [0.15, 0.2) is 6.17 Å². The normalized spacial score (nSPS) is 22.5. The summed E-state index contributed by atoms with van der Waals surface area (Å²) in [7, 11) is 0. The SMILES string of the molecule is CC1(C)C(=O)Nc2cc3c(cc21)NC(C(F)(F)C(F)(F)F)N3. The Morgan fingerprint density at radius 3 is 2.09 bits per heavy atom. The molecule has 2 heterocycles. The zero-order valence-electron chi connectivity index (χ0n) is 11.5. The number of benzene rings is 1. The van der Waals surface area contributed by atoms with Gasteiger partial charge in [0.2, 0.25) is 5.91 Å². The van der Waals surface area contributed by atoms with E-state index in [0.29, 0.717) is 11.3 Å². The molecular weight excluding hydrogens is 309 g/mol. The van der Waals surface area contributed by atoms with Crippen LogP contribution in [0.5, 0.6) is 0 Å². The third-order valence-electron chi connectivity index (χ3n) is 3.99. The average Bonchev–Trinajstić information content (AvgIpc) is 2.87. The fraction of sp³-hybridized carbons (Fsp3) is 0.462. The van der Waals surface area contributed by atoms with Crippen molar-refractivity contribution in [2.45, 2.75) is 37.5 Å². The molecule has 1 aromatic carbocycles.